The van der Waals surface area contributed by atoms with Crippen molar-refractivity contribution in [2.75, 3.05) is 13.8 Å². The van der Waals surface area contributed by atoms with Crippen LogP contribution in [0.2, 0.25) is 0 Å². The molecule has 1 saturated heterocycles. The fraction of sp³-hybridized carbons (Fsp3) is 0.714. The van der Waals surface area contributed by atoms with Gasteiger partial charge in [-0.3, -0.25) is 0 Å². The Bertz CT molecular complexity index is 470. The van der Waals surface area contributed by atoms with Gasteiger partial charge in [0.15, 0.2) is 0 Å². The van der Waals surface area contributed by atoms with Crippen LogP contribution in [0.4, 0.5) is 0 Å². The molecule has 1 aliphatic heterocycles. The van der Waals surface area contributed by atoms with Crippen molar-refractivity contribution in [3.8, 4) is 0 Å². The molecule has 5 heteroatoms. The SMILES string of the molecule is CC(C)(C)C1CC=C([N+](=O)[O-])C([I-]2(C)CCC2)=C1O. The molecule has 110 valence electrons. The summed E-state index contributed by atoms with van der Waals surface area (Å²) in [5, 5.41) is 21.9. The molecule has 1 N–H and O–H groups in total. The van der Waals surface area contributed by atoms with Crippen molar-refractivity contribution in [1.82, 2.24) is 0 Å². The minimum atomic E-state index is -2.25. The first-order valence-electron chi connectivity index (χ1n) is 6.60. The van der Waals surface area contributed by atoms with Gasteiger partial charge in [0.05, 0.1) is 0 Å². The summed E-state index contributed by atoms with van der Waals surface area (Å²) >= 11 is -2.25. The Morgan fingerprint density at radius 1 is 1.42 bits per heavy atom. The number of halogens is 1. The number of nitro groups is 1. The minimum absolute atomic E-state index is 0.0206. The number of nitrogens with zero attached hydrogens (tertiary/aromatic N) is 1. The van der Waals surface area contributed by atoms with Gasteiger partial charge in [-0.2, -0.15) is 0 Å². The van der Waals surface area contributed by atoms with Crippen molar-refractivity contribution >= 4 is 0 Å². The monoisotopic (exact) mass is 380 g/mol. The van der Waals surface area contributed by atoms with Gasteiger partial charge in [-0.05, 0) is 0 Å². The van der Waals surface area contributed by atoms with Crippen LogP contribution in [-0.4, -0.2) is 23.8 Å². The van der Waals surface area contributed by atoms with Crippen molar-refractivity contribution in [1.29, 1.82) is 0 Å². The third-order valence-corrected chi connectivity index (χ3v) is 14.1. The Labute approximate surface area is 118 Å². The molecule has 2 aliphatic rings. The first-order valence-corrected chi connectivity index (χ1v) is 12.9. The van der Waals surface area contributed by atoms with E-state index in [2.05, 4.69) is 25.7 Å². The average molecular weight is 380 g/mol. The van der Waals surface area contributed by atoms with E-state index in [9.17, 15) is 15.2 Å². The van der Waals surface area contributed by atoms with Crippen LogP contribution < -0.4 is 18.4 Å². The van der Waals surface area contributed by atoms with Crippen molar-refractivity contribution in [2.45, 2.75) is 33.6 Å². The molecule has 0 bridgehead atoms. The van der Waals surface area contributed by atoms with E-state index in [4.69, 9.17) is 0 Å². The van der Waals surface area contributed by atoms with Crippen molar-refractivity contribution < 1.29 is 28.5 Å². The van der Waals surface area contributed by atoms with Crippen molar-refractivity contribution in [2.24, 2.45) is 11.3 Å². The predicted octanol–water partition coefficient (Wildman–Crippen LogP) is 0.177. The van der Waals surface area contributed by atoms with Gasteiger partial charge in [0.2, 0.25) is 0 Å². The summed E-state index contributed by atoms with van der Waals surface area (Å²) in [4.78, 5) is 13.2. The zero-order chi connectivity index (χ0) is 14.4. The molecule has 1 unspecified atom stereocenters. The maximum atomic E-state index is 11.3. The summed E-state index contributed by atoms with van der Waals surface area (Å²) < 4.78 is 2.98. The molecule has 2 rings (SSSR count). The number of aliphatic hydroxyl groups excluding tert-OH is 1. The number of hydrogen-bond donors (Lipinski definition) is 1. The molecule has 4 nitrogen and oxygen atoms in total. The third kappa shape index (κ3) is 2.53. The van der Waals surface area contributed by atoms with Crippen LogP contribution in [0.25, 0.3) is 0 Å². The van der Waals surface area contributed by atoms with Crippen LogP contribution in [0, 0.1) is 21.4 Å². The Kier molecular flexibility index (Phi) is 3.70. The zero-order valence-electron chi connectivity index (χ0n) is 12.1. The van der Waals surface area contributed by atoms with E-state index in [1.165, 1.54) is 0 Å². The van der Waals surface area contributed by atoms with Crippen LogP contribution in [0.5, 0.6) is 0 Å². The van der Waals surface area contributed by atoms with Gasteiger partial charge in [0, 0.05) is 0 Å². The topological polar surface area (TPSA) is 63.4 Å². The molecule has 1 fully saturated rings. The van der Waals surface area contributed by atoms with Crippen molar-refractivity contribution in [3.63, 3.8) is 0 Å². The standard InChI is InChI=1S/C14H23INO3/c1-14(2,3)10-6-7-11(16(18)19)12(13(10)17)15(4)8-5-9-15/h7,10,17H,5-6,8-9H2,1-4H3/q-1. The van der Waals surface area contributed by atoms with Gasteiger partial charge in [-0.1, -0.05) is 0 Å². The number of alkyl halides is 3. The molecule has 0 aromatic heterocycles. The number of hydrogen-bond acceptors (Lipinski definition) is 3. The summed E-state index contributed by atoms with van der Waals surface area (Å²) in [6, 6.07) is 0. The Morgan fingerprint density at radius 2 is 2.00 bits per heavy atom. The molecule has 1 aliphatic carbocycles. The predicted molar refractivity (Wildman–Crippen MR) is 72.6 cm³/mol. The summed E-state index contributed by atoms with van der Waals surface area (Å²) in [5.41, 5.74) is 0.145. The summed E-state index contributed by atoms with van der Waals surface area (Å²) in [6.07, 6.45) is 3.49. The summed E-state index contributed by atoms with van der Waals surface area (Å²) in [6.45, 7) is 6.27. The van der Waals surface area contributed by atoms with Crippen molar-refractivity contribution in [3.05, 3.63) is 31.2 Å². The van der Waals surface area contributed by atoms with Crippen LogP contribution in [0.3, 0.4) is 0 Å². The molecule has 0 aromatic carbocycles. The van der Waals surface area contributed by atoms with Crippen LogP contribution in [0.15, 0.2) is 21.1 Å². The van der Waals surface area contributed by atoms with Gasteiger partial charge in [0.25, 0.3) is 0 Å². The van der Waals surface area contributed by atoms with Crippen LogP contribution in [-0.2, 0) is 0 Å². The van der Waals surface area contributed by atoms with E-state index in [-0.39, 0.29) is 22.0 Å². The average Bonchev–Trinajstić information content (AvgIpc) is 2.23. The van der Waals surface area contributed by atoms with E-state index >= 15 is 0 Å². The first kappa shape index (κ1) is 14.8. The van der Waals surface area contributed by atoms with E-state index in [0.29, 0.717) is 12.2 Å². The second-order valence-electron chi connectivity index (χ2n) is 6.61. The molecule has 0 saturated carbocycles. The van der Waals surface area contributed by atoms with E-state index in [1.807, 2.05) is 0 Å². The van der Waals surface area contributed by atoms with Gasteiger partial charge < -0.3 is 0 Å². The normalized spacial score (nSPS) is 28.4. The fourth-order valence-electron chi connectivity index (χ4n) is 2.82. The quantitative estimate of drug-likeness (QED) is 0.322. The van der Waals surface area contributed by atoms with Gasteiger partial charge in [-0.15, -0.1) is 0 Å². The second kappa shape index (κ2) is 4.75. The summed E-state index contributed by atoms with van der Waals surface area (Å²) in [7, 11) is 0. The second-order valence-corrected chi connectivity index (χ2v) is 16.6. The van der Waals surface area contributed by atoms with Crippen LogP contribution >= 0.6 is 0 Å². The molecule has 0 amide bonds. The van der Waals surface area contributed by atoms with Gasteiger partial charge in [-0.25, -0.2) is 0 Å². The van der Waals surface area contributed by atoms with E-state index in [0.717, 1.165) is 18.9 Å². The number of allylic oxidation sites excluding steroid dienone is 3. The Morgan fingerprint density at radius 3 is 2.37 bits per heavy atom. The van der Waals surface area contributed by atoms with Gasteiger partial charge >= 0.3 is 118 Å². The zero-order valence-corrected chi connectivity index (χ0v) is 14.2. The Hall–Kier alpha value is -0.590. The molecular formula is C14H23INO3-. The molecule has 19 heavy (non-hydrogen) atoms. The molecule has 1 heterocycles. The molecule has 0 radical (unpaired) electrons. The number of aliphatic hydroxyl groups is 1. The maximum absolute atomic E-state index is 11.3. The van der Waals surface area contributed by atoms with Gasteiger partial charge in [0.1, 0.15) is 0 Å². The van der Waals surface area contributed by atoms with E-state index in [1.54, 1.807) is 6.08 Å². The number of rotatable bonds is 2. The Balaban J connectivity index is 2.50. The third-order valence-electron chi connectivity index (χ3n) is 4.13. The molecular weight excluding hydrogens is 357 g/mol. The fourth-order valence-corrected chi connectivity index (χ4v) is 10.4. The summed E-state index contributed by atoms with van der Waals surface area (Å²) in [5.74, 6) is 0.354. The first-order chi connectivity index (χ1) is 8.67. The molecule has 1 atom stereocenters. The molecule has 0 aromatic rings. The van der Waals surface area contributed by atoms with Crippen LogP contribution in [0.1, 0.15) is 33.6 Å². The van der Waals surface area contributed by atoms with E-state index < -0.39 is 18.4 Å². The molecule has 0 spiro atoms.